The SMILES string of the molecule is Cc1ccc(-c2ccccc2CBr)cc1. The van der Waals surface area contributed by atoms with E-state index in [4.69, 9.17) is 0 Å². The summed E-state index contributed by atoms with van der Waals surface area (Å²) in [5.41, 5.74) is 5.24. The summed E-state index contributed by atoms with van der Waals surface area (Å²) >= 11 is 3.52. The van der Waals surface area contributed by atoms with Gasteiger partial charge in [0.15, 0.2) is 0 Å². The van der Waals surface area contributed by atoms with E-state index in [1.165, 1.54) is 22.3 Å². The summed E-state index contributed by atoms with van der Waals surface area (Å²) < 4.78 is 0. The van der Waals surface area contributed by atoms with E-state index in [2.05, 4.69) is 71.4 Å². The van der Waals surface area contributed by atoms with Gasteiger partial charge in [-0.25, -0.2) is 0 Å². The van der Waals surface area contributed by atoms with Crippen molar-refractivity contribution in [1.29, 1.82) is 0 Å². The Morgan fingerprint density at radius 2 is 1.60 bits per heavy atom. The van der Waals surface area contributed by atoms with Crippen LogP contribution in [0.25, 0.3) is 11.1 Å². The van der Waals surface area contributed by atoms with Gasteiger partial charge in [0.05, 0.1) is 0 Å². The summed E-state index contributed by atoms with van der Waals surface area (Å²) in [6.45, 7) is 2.11. The van der Waals surface area contributed by atoms with Gasteiger partial charge in [-0.2, -0.15) is 0 Å². The molecule has 0 saturated carbocycles. The van der Waals surface area contributed by atoms with Crippen molar-refractivity contribution in [2.45, 2.75) is 12.3 Å². The third-order valence-corrected chi connectivity index (χ3v) is 3.13. The van der Waals surface area contributed by atoms with Gasteiger partial charge in [0.25, 0.3) is 0 Å². The Morgan fingerprint density at radius 3 is 2.27 bits per heavy atom. The van der Waals surface area contributed by atoms with E-state index < -0.39 is 0 Å². The second-order valence-corrected chi connectivity index (χ2v) is 4.22. The van der Waals surface area contributed by atoms with E-state index in [1.54, 1.807) is 0 Å². The summed E-state index contributed by atoms with van der Waals surface area (Å²) in [4.78, 5) is 0. The zero-order chi connectivity index (χ0) is 10.7. The first-order valence-electron chi connectivity index (χ1n) is 5.02. The Balaban J connectivity index is 2.49. The van der Waals surface area contributed by atoms with E-state index in [0.29, 0.717) is 0 Å². The molecule has 0 radical (unpaired) electrons. The molecule has 0 aliphatic carbocycles. The Morgan fingerprint density at radius 1 is 0.933 bits per heavy atom. The van der Waals surface area contributed by atoms with Crippen LogP contribution in [0, 0.1) is 6.92 Å². The van der Waals surface area contributed by atoms with Crippen LogP contribution >= 0.6 is 15.9 Å². The van der Waals surface area contributed by atoms with Gasteiger partial charge in [-0.3, -0.25) is 0 Å². The van der Waals surface area contributed by atoms with Crippen molar-refractivity contribution in [3.63, 3.8) is 0 Å². The average Bonchev–Trinajstić information content (AvgIpc) is 2.30. The highest BCUT2D eigenvalue weighted by Crippen LogP contribution is 2.25. The van der Waals surface area contributed by atoms with Crippen LogP contribution in [0.1, 0.15) is 11.1 Å². The molecule has 0 atom stereocenters. The molecule has 0 nitrogen and oxygen atoms in total. The molecule has 0 heterocycles. The van der Waals surface area contributed by atoms with E-state index in [9.17, 15) is 0 Å². The molecule has 0 amide bonds. The molecule has 0 fully saturated rings. The van der Waals surface area contributed by atoms with Crippen LogP contribution in [0.15, 0.2) is 48.5 Å². The van der Waals surface area contributed by atoms with Crippen LogP contribution in [0.2, 0.25) is 0 Å². The molecule has 2 rings (SSSR count). The number of alkyl halides is 1. The number of hydrogen-bond donors (Lipinski definition) is 0. The molecule has 0 aliphatic rings. The van der Waals surface area contributed by atoms with Crippen LogP contribution < -0.4 is 0 Å². The van der Waals surface area contributed by atoms with Crippen LogP contribution in [-0.2, 0) is 5.33 Å². The normalized spacial score (nSPS) is 10.3. The smallest absolute Gasteiger partial charge is 0.0289 e. The summed E-state index contributed by atoms with van der Waals surface area (Å²) in [7, 11) is 0. The molecule has 15 heavy (non-hydrogen) atoms. The van der Waals surface area contributed by atoms with Crippen molar-refractivity contribution in [3.05, 3.63) is 59.7 Å². The van der Waals surface area contributed by atoms with Crippen molar-refractivity contribution < 1.29 is 0 Å². The summed E-state index contributed by atoms with van der Waals surface area (Å²) in [5.74, 6) is 0. The lowest BCUT2D eigenvalue weighted by Crippen LogP contribution is -1.85. The second kappa shape index (κ2) is 4.63. The first-order valence-corrected chi connectivity index (χ1v) is 6.14. The van der Waals surface area contributed by atoms with Crippen molar-refractivity contribution in [2.24, 2.45) is 0 Å². The zero-order valence-electron chi connectivity index (χ0n) is 8.70. The highest BCUT2D eigenvalue weighted by molar-refractivity contribution is 9.08. The third-order valence-electron chi connectivity index (χ3n) is 2.52. The fourth-order valence-electron chi connectivity index (χ4n) is 1.65. The minimum atomic E-state index is 0.900. The molecule has 2 aromatic carbocycles. The maximum atomic E-state index is 3.52. The topological polar surface area (TPSA) is 0 Å². The van der Waals surface area contributed by atoms with Crippen molar-refractivity contribution >= 4 is 15.9 Å². The number of benzene rings is 2. The lowest BCUT2D eigenvalue weighted by atomic mass is 10.00. The minimum Gasteiger partial charge on any atom is -0.0876 e. The molecule has 0 spiro atoms. The van der Waals surface area contributed by atoms with Crippen molar-refractivity contribution in [1.82, 2.24) is 0 Å². The quantitative estimate of drug-likeness (QED) is 0.695. The predicted octanol–water partition coefficient (Wildman–Crippen LogP) is 4.56. The number of halogens is 1. The van der Waals surface area contributed by atoms with E-state index in [-0.39, 0.29) is 0 Å². The van der Waals surface area contributed by atoms with Crippen LogP contribution in [0.5, 0.6) is 0 Å². The van der Waals surface area contributed by atoms with Crippen LogP contribution in [-0.4, -0.2) is 0 Å². The monoisotopic (exact) mass is 260 g/mol. The molecule has 0 N–H and O–H groups in total. The number of hydrogen-bond acceptors (Lipinski definition) is 0. The van der Waals surface area contributed by atoms with Gasteiger partial charge in [-0.15, -0.1) is 0 Å². The zero-order valence-corrected chi connectivity index (χ0v) is 10.3. The summed E-state index contributed by atoms with van der Waals surface area (Å²) in [5, 5.41) is 0.900. The summed E-state index contributed by atoms with van der Waals surface area (Å²) in [6.07, 6.45) is 0. The molecule has 0 unspecified atom stereocenters. The molecule has 0 aliphatic heterocycles. The molecular weight excluding hydrogens is 248 g/mol. The average molecular weight is 261 g/mol. The number of rotatable bonds is 2. The summed E-state index contributed by atoms with van der Waals surface area (Å²) in [6, 6.07) is 17.1. The van der Waals surface area contributed by atoms with Gasteiger partial charge in [-0.05, 0) is 23.6 Å². The predicted molar refractivity (Wildman–Crippen MR) is 69.2 cm³/mol. The molecular formula is C14H13Br. The van der Waals surface area contributed by atoms with E-state index in [1.807, 2.05) is 0 Å². The highest BCUT2D eigenvalue weighted by Gasteiger charge is 2.02. The van der Waals surface area contributed by atoms with Gasteiger partial charge in [0, 0.05) is 5.33 Å². The third kappa shape index (κ3) is 2.29. The standard InChI is InChI=1S/C14H13Br/c1-11-6-8-12(9-7-11)14-5-3-2-4-13(14)10-15/h2-9H,10H2,1H3. The van der Waals surface area contributed by atoms with Gasteiger partial charge < -0.3 is 0 Å². The molecule has 0 aromatic heterocycles. The Hall–Kier alpha value is -1.08. The number of aryl methyl sites for hydroxylation is 1. The van der Waals surface area contributed by atoms with Crippen LogP contribution in [0.4, 0.5) is 0 Å². The first-order chi connectivity index (χ1) is 7.31. The maximum absolute atomic E-state index is 3.52. The maximum Gasteiger partial charge on any atom is 0.0289 e. The fourth-order valence-corrected chi connectivity index (χ4v) is 2.14. The second-order valence-electron chi connectivity index (χ2n) is 3.66. The largest absolute Gasteiger partial charge is 0.0876 e. The lowest BCUT2D eigenvalue weighted by molar-refractivity contribution is 1.41. The molecule has 76 valence electrons. The van der Waals surface area contributed by atoms with Crippen molar-refractivity contribution in [2.75, 3.05) is 0 Å². The Labute approximate surface area is 99.1 Å². The van der Waals surface area contributed by atoms with Gasteiger partial charge in [-0.1, -0.05) is 70.0 Å². The Kier molecular flexibility index (Phi) is 3.22. The van der Waals surface area contributed by atoms with Crippen LogP contribution in [0.3, 0.4) is 0 Å². The van der Waals surface area contributed by atoms with Gasteiger partial charge in [0.1, 0.15) is 0 Å². The lowest BCUT2D eigenvalue weighted by Gasteiger charge is -2.07. The van der Waals surface area contributed by atoms with Gasteiger partial charge in [0.2, 0.25) is 0 Å². The molecule has 0 saturated heterocycles. The first kappa shape index (κ1) is 10.4. The molecule has 2 aromatic rings. The van der Waals surface area contributed by atoms with E-state index >= 15 is 0 Å². The van der Waals surface area contributed by atoms with E-state index in [0.717, 1.165) is 5.33 Å². The highest BCUT2D eigenvalue weighted by atomic mass is 79.9. The van der Waals surface area contributed by atoms with Crippen molar-refractivity contribution in [3.8, 4) is 11.1 Å². The molecule has 1 heteroatoms. The fraction of sp³-hybridized carbons (Fsp3) is 0.143. The van der Waals surface area contributed by atoms with Gasteiger partial charge >= 0.3 is 0 Å². The molecule has 0 bridgehead atoms. The minimum absolute atomic E-state index is 0.900. The Bertz CT molecular complexity index is 443.